The Morgan fingerprint density at radius 1 is 0.179 bits per heavy atom. The second-order valence-electron chi connectivity index (χ2n) is 27.9. The summed E-state index contributed by atoms with van der Waals surface area (Å²) in [7, 11) is 0. The monoisotopic (exact) mass is 1350 g/mol. The average molecular weight is 1350 g/mol. The van der Waals surface area contributed by atoms with E-state index < -0.39 is 0 Å². The van der Waals surface area contributed by atoms with Crippen molar-refractivity contribution < 1.29 is 0 Å². The van der Waals surface area contributed by atoms with Crippen molar-refractivity contribution in [3.8, 4) is 22.3 Å². The van der Waals surface area contributed by atoms with Crippen molar-refractivity contribution in [2.75, 3.05) is 29.4 Å². The SMILES string of the molecule is c1ccc(-c2c3ccccc3c(-c3cccc(N4c5cc6c(cc5B5c7ccccc7N(c7ccccc7)c7cc(N(c8ccccc8)c8ccccc8)cc4c75)B4c5ccccc5N(c5ccccc5)c5cc(N(c7ccccc7)c7ccccc7)cc(c54)N6c4ccccc4)c3)c3ccccc23)cc1. The van der Waals surface area contributed by atoms with E-state index in [2.05, 4.69) is 430 Å². The normalized spacial score (nSPS) is 12.8. The number of benzene rings is 17. The lowest BCUT2D eigenvalue weighted by molar-refractivity contribution is 1.21. The molecule has 0 radical (unpaired) electrons. The zero-order valence-electron chi connectivity index (χ0n) is 57.9. The zero-order chi connectivity index (χ0) is 69.8. The largest absolute Gasteiger partial charge is 0.311 e. The molecule has 0 saturated heterocycles. The van der Waals surface area contributed by atoms with Crippen LogP contribution in [0.15, 0.2) is 400 Å². The molecule has 0 atom stereocenters. The van der Waals surface area contributed by atoms with Gasteiger partial charge in [0.1, 0.15) is 0 Å². The molecule has 6 nitrogen and oxygen atoms in total. The molecule has 8 heteroatoms. The van der Waals surface area contributed by atoms with E-state index in [0.717, 1.165) is 108 Å². The van der Waals surface area contributed by atoms with Gasteiger partial charge in [-0.15, -0.1) is 0 Å². The molecule has 21 rings (SSSR count). The highest BCUT2D eigenvalue weighted by Gasteiger charge is 2.49. The predicted octanol–water partition coefficient (Wildman–Crippen LogP) is 22.4. The van der Waals surface area contributed by atoms with E-state index in [9.17, 15) is 0 Å². The highest BCUT2D eigenvalue weighted by atomic mass is 15.2. The van der Waals surface area contributed by atoms with Crippen LogP contribution < -0.4 is 62.2 Å². The van der Waals surface area contributed by atoms with Crippen molar-refractivity contribution in [2.24, 2.45) is 0 Å². The predicted molar refractivity (Wildman–Crippen MR) is 450 cm³/mol. The van der Waals surface area contributed by atoms with Gasteiger partial charge in [-0.3, -0.25) is 0 Å². The second-order valence-corrected chi connectivity index (χ2v) is 27.9. The molecular weight excluding hydrogens is 1280 g/mol. The van der Waals surface area contributed by atoms with Crippen molar-refractivity contribution in [3.63, 3.8) is 0 Å². The van der Waals surface area contributed by atoms with Gasteiger partial charge in [-0.1, -0.05) is 261 Å². The van der Waals surface area contributed by atoms with Crippen molar-refractivity contribution in [3.05, 3.63) is 400 Å². The third-order valence-electron chi connectivity index (χ3n) is 22.0. The Morgan fingerprint density at radius 3 is 0.840 bits per heavy atom. The first kappa shape index (κ1) is 60.9. The van der Waals surface area contributed by atoms with E-state index in [1.807, 2.05) is 0 Å². The Morgan fingerprint density at radius 2 is 0.462 bits per heavy atom. The van der Waals surface area contributed by atoms with E-state index in [4.69, 9.17) is 0 Å². The molecule has 0 amide bonds. The summed E-state index contributed by atoms with van der Waals surface area (Å²) in [5, 5.41) is 4.84. The molecule has 494 valence electrons. The fourth-order valence-electron chi connectivity index (χ4n) is 17.8. The topological polar surface area (TPSA) is 19.4 Å². The first-order chi connectivity index (χ1) is 52.7. The molecule has 4 aliphatic rings. The van der Waals surface area contributed by atoms with Gasteiger partial charge in [0.2, 0.25) is 0 Å². The molecule has 0 N–H and O–H groups in total. The summed E-state index contributed by atoms with van der Waals surface area (Å²) in [6.07, 6.45) is 0. The third-order valence-corrected chi connectivity index (χ3v) is 22.0. The van der Waals surface area contributed by atoms with Crippen molar-refractivity contribution in [2.45, 2.75) is 0 Å². The lowest BCUT2D eigenvalue weighted by Crippen LogP contribution is -2.65. The number of para-hydroxylation sites is 9. The molecule has 106 heavy (non-hydrogen) atoms. The highest BCUT2D eigenvalue weighted by molar-refractivity contribution is 7.03. The molecule has 0 spiro atoms. The van der Waals surface area contributed by atoms with Gasteiger partial charge in [0.05, 0.1) is 11.4 Å². The second kappa shape index (κ2) is 25.0. The van der Waals surface area contributed by atoms with Crippen LogP contribution in [0.25, 0.3) is 43.8 Å². The lowest BCUT2D eigenvalue weighted by atomic mass is 9.30. The van der Waals surface area contributed by atoms with E-state index in [1.54, 1.807) is 0 Å². The summed E-state index contributed by atoms with van der Waals surface area (Å²) in [5.41, 5.74) is 31.8. The minimum Gasteiger partial charge on any atom is -0.311 e. The quantitative estimate of drug-likeness (QED) is 0.0891. The standard InChI is InChI=1S/C98H66B2N6/c1-9-34-67(35-10-1)95-79-52-25-27-54-81(79)96(82-55-28-26-53-80(82)95)68-36-33-51-76(60-68)106-90-66-89-85(65-86(90)100-84-57-30-32-59-88(84)104(74-47-21-7-22-48-74)92-62-78(64-94(106)98(92)100)102(71-41-15-4-16-42-71)72-43-17-5-18-44-72)99-83-56-29-31-58-87(83)103(73-45-19-6-20-46-73)91-61-77(63-93(97(91)99)105(89)75-49-23-8-24-50-75)101(69-37-11-2-12-38-69)70-39-13-3-14-40-70/h1-66H. The van der Waals surface area contributed by atoms with Crippen molar-refractivity contribution in [1.29, 1.82) is 0 Å². The van der Waals surface area contributed by atoms with Crippen LogP contribution in [0.4, 0.5) is 102 Å². The van der Waals surface area contributed by atoms with Crippen LogP contribution in [0.1, 0.15) is 0 Å². The molecule has 0 unspecified atom stereocenters. The minimum atomic E-state index is -0.228. The maximum absolute atomic E-state index is 2.65. The van der Waals surface area contributed by atoms with Gasteiger partial charge in [0.25, 0.3) is 13.4 Å². The number of anilines is 18. The Labute approximate surface area is 618 Å². The van der Waals surface area contributed by atoms with Crippen LogP contribution in [-0.4, -0.2) is 13.4 Å². The van der Waals surface area contributed by atoms with Gasteiger partial charge < -0.3 is 29.4 Å². The highest BCUT2D eigenvalue weighted by Crippen LogP contribution is 2.54. The maximum Gasteiger partial charge on any atom is 0.252 e. The summed E-state index contributed by atoms with van der Waals surface area (Å²) in [6, 6.07) is 149. The van der Waals surface area contributed by atoms with E-state index in [0.29, 0.717) is 0 Å². The molecule has 0 saturated carbocycles. The third kappa shape index (κ3) is 9.68. The summed E-state index contributed by atoms with van der Waals surface area (Å²) < 4.78 is 0. The van der Waals surface area contributed by atoms with Gasteiger partial charge in [-0.05, 0) is 216 Å². The fourth-order valence-corrected chi connectivity index (χ4v) is 17.8. The Bertz CT molecular complexity index is 6120. The van der Waals surface area contributed by atoms with Crippen LogP contribution in [0, 0.1) is 0 Å². The molecule has 0 aromatic heterocycles. The molecule has 0 bridgehead atoms. The molecular formula is C98H66B2N6. The smallest absolute Gasteiger partial charge is 0.252 e. The van der Waals surface area contributed by atoms with Gasteiger partial charge in [0.15, 0.2) is 0 Å². The lowest BCUT2D eigenvalue weighted by Gasteiger charge is -2.48. The maximum atomic E-state index is 2.65. The van der Waals surface area contributed by atoms with Crippen LogP contribution in [0.3, 0.4) is 0 Å². The summed E-state index contributed by atoms with van der Waals surface area (Å²) in [5.74, 6) is 0. The van der Waals surface area contributed by atoms with E-state index >= 15 is 0 Å². The molecule has 17 aromatic carbocycles. The first-order valence-electron chi connectivity index (χ1n) is 36.6. The van der Waals surface area contributed by atoms with Crippen LogP contribution in [-0.2, 0) is 0 Å². The van der Waals surface area contributed by atoms with E-state index in [1.165, 1.54) is 71.0 Å². The van der Waals surface area contributed by atoms with Crippen LogP contribution in [0.5, 0.6) is 0 Å². The minimum absolute atomic E-state index is 0.206. The first-order valence-corrected chi connectivity index (χ1v) is 36.6. The van der Waals surface area contributed by atoms with Gasteiger partial charge in [-0.25, -0.2) is 0 Å². The molecule has 0 aliphatic carbocycles. The average Bonchev–Trinajstić information content (AvgIpc) is 0.685. The summed E-state index contributed by atoms with van der Waals surface area (Å²) in [6.45, 7) is -0.434. The number of fused-ring (bicyclic) bond motifs is 10. The van der Waals surface area contributed by atoms with Crippen molar-refractivity contribution in [1.82, 2.24) is 0 Å². The Balaban J connectivity index is 0.896. The number of nitrogens with zero attached hydrogens (tertiary/aromatic N) is 6. The fraction of sp³-hybridized carbons (Fsp3) is 0. The van der Waals surface area contributed by atoms with Gasteiger partial charge in [0, 0.05) is 91.0 Å². The molecule has 17 aromatic rings. The zero-order valence-corrected chi connectivity index (χ0v) is 57.9. The van der Waals surface area contributed by atoms with Gasteiger partial charge >= 0.3 is 0 Å². The Hall–Kier alpha value is -13.8. The summed E-state index contributed by atoms with van der Waals surface area (Å²) >= 11 is 0. The number of hydrogen-bond acceptors (Lipinski definition) is 6. The van der Waals surface area contributed by atoms with Crippen molar-refractivity contribution >= 4 is 170 Å². The molecule has 4 aliphatic heterocycles. The van der Waals surface area contributed by atoms with Crippen LogP contribution >= 0.6 is 0 Å². The number of rotatable bonds is 12. The molecule has 4 heterocycles. The summed E-state index contributed by atoms with van der Waals surface area (Å²) in [4.78, 5) is 15.2. The molecule has 0 fully saturated rings. The van der Waals surface area contributed by atoms with Crippen LogP contribution in [0.2, 0.25) is 0 Å². The van der Waals surface area contributed by atoms with Gasteiger partial charge in [-0.2, -0.15) is 0 Å². The number of hydrogen-bond donors (Lipinski definition) is 0. The Kier molecular flexibility index (Phi) is 14.4. The van der Waals surface area contributed by atoms with E-state index in [-0.39, 0.29) is 13.4 Å².